The molecule has 0 spiro atoms. The van der Waals surface area contributed by atoms with Crippen molar-refractivity contribution in [2.24, 2.45) is 5.92 Å². The fourth-order valence-corrected chi connectivity index (χ4v) is 3.64. The summed E-state index contributed by atoms with van der Waals surface area (Å²) < 4.78 is 5.29. The molecule has 1 aromatic carbocycles. The Morgan fingerprint density at radius 3 is 3.09 bits per heavy atom. The maximum Gasteiger partial charge on any atom is 0.237 e. The molecule has 2 aliphatic rings. The van der Waals surface area contributed by atoms with Crippen LogP contribution in [0.2, 0.25) is 0 Å². The minimum Gasteiger partial charge on any atom is -0.381 e. The molecule has 5 nitrogen and oxygen atoms in total. The first kappa shape index (κ1) is 15.4. The molecule has 0 bridgehead atoms. The molecular formula is C16H20N2O3S. The van der Waals surface area contributed by atoms with Gasteiger partial charge in [-0.05, 0) is 18.6 Å². The minimum atomic E-state index is -0.00425. The van der Waals surface area contributed by atoms with Gasteiger partial charge in [0.1, 0.15) is 0 Å². The Kier molecular flexibility index (Phi) is 5.00. The summed E-state index contributed by atoms with van der Waals surface area (Å²) in [5.41, 5.74) is 0.917. The Labute approximate surface area is 134 Å². The minimum absolute atomic E-state index is 0.00425. The highest BCUT2D eigenvalue weighted by Gasteiger charge is 2.24. The van der Waals surface area contributed by atoms with Gasteiger partial charge in [0.25, 0.3) is 0 Å². The van der Waals surface area contributed by atoms with Gasteiger partial charge in [0.15, 0.2) is 0 Å². The second-order valence-corrected chi connectivity index (χ2v) is 6.60. The summed E-state index contributed by atoms with van der Waals surface area (Å²) >= 11 is 1.56. The summed E-state index contributed by atoms with van der Waals surface area (Å²) in [6.07, 6.45) is 1.34. The molecule has 2 amide bonds. The third-order valence-corrected chi connectivity index (χ3v) is 5.03. The lowest BCUT2D eigenvalue weighted by Gasteiger charge is -2.28. The zero-order chi connectivity index (χ0) is 15.4. The van der Waals surface area contributed by atoms with E-state index in [1.165, 1.54) is 0 Å². The Bertz CT molecular complexity index is 558. The van der Waals surface area contributed by atoms with Crippen molar-refractivity contribution < 1.29 is 14.3 Å². The quantitative estimate of drug-likeness (QED) is 0.896. The van der Waals surface area contributed by atoms with Gasteiger partial charge in [0.2, 0.25) is 11.8 Å². The van der Waals surface area contributed by atoms with Crippen molar-refractivity contribution in [1.82, 2.24) is 5.32 Å². The third-order valence-electron chi connectivity index (χ3n) is 3.98. The normalized spacial score (nSPS) is 20.8. The number of nitrogens with zero attached hydrogens (tertiary/aromatic N) is 1. The monoisotopic (exact) mass is 320 g/mol. The first-order valence-electron chi connectivity index (χ1n) is 7.60. The molecule has 22 heavy (non-hydrogen) atoms. The Hall–Kier alpha value is -1.53. The Morgan fingerprint density at radius 2 is 2.27 bits per heavy atom. The molecule has 1 N–H and O–H groups in total. The fraction of sp³-hybridized carbons (Fsp3) is 0.500. The van der Waals surface area contributed by atoms with E-state index in [0.717, 1.165) is 30.2 Å². The molecule has 1 atom stereocenters. The average Bonchev–Trinajstić information content (AvgIpc) is 3.05. The van der Waals surface area contributed by atoms with Crippen LogP contribution in [0.15, 0.2) is 29.2 Å². The van der Waals surface area contributed by atoms with Crippen LogP contribution < -0.4 is 10.2 Å². The number of nitrogens with one attached hydrogen (secondary N) is 1. The first-order valence-corrected chi connectivity index (χ1v) is 8.59. The van der Waals surface area contributed by atoms with Crippen LogP contribution in [0.25, 0.3) is 0 Å². The maximum absolute atomic E-state index is 12.1. The number of para-hydroxylation sites is 1. The molecule has 0 unspecified atom stereocenters. The highest BCUT2D eigenvalue weighted by atomic mass is 32.2. The van der Waals surface area contributed by atoms with E-state index in [1.807, 2.05) is 24.3 Å². The number of fused-ring (bicyclic) bond motifs is 1. The van der Waals surface area contributed by atoms with Crippen LogP contribution in [0, 0.1) is 5.92 Å². The number of carbonyl (C=O) groups excluding carboxylic acids is 2. The molecule has 1 saturated heterocycles. The van der Waals surface area contributed by atoms with Crippen molar-refractivity contribution in [2.45, 2.75) is 17.7 Å². The summed E-state index contributed by atoms with van der Waals surface area (Å²) in [6, 6.07) is 7.84. The molecular weight excluding hydrogens is 300 g/mol. The number of carbonyl (C=O) groups is 2. The lowest BCUT2D eigenvalue weighted by molar-refractivity contribution is -0.121. The highest BCUT2D eigenvalue weighted by Crippen LogP contribution is 2.34. The zero-order valence-electron chi connectivity index (χ0n) is 12.4. The van der Waals surface area contributed by atoms with E-state index >= 15 is 0 Å². The molecule has 0 saturated carbocycles. The number of hydrogen-bond acceptors (Lipinski definition) is 4. The zero-order valence-corrected chi connectivity index (χ0v) is 13.2. The van der Waals surface area contributed by atoms with E-state index in [9.17, 15) is 9.59 Å². The van der Waals surface area contributed by atoms with E-state index < -0.39 is 0 Å². The molecule has 1 aromatic rings. The summed E-state index contributed by atoms with van der Waals surface area (Å²) in [5.74, 6) is 0.937. The van der Waals surface area contributed by atoms with Crippen LogP contribution in [0.4, 0.5) is 5.69 Å². The number of rotatable bonds is 5. The number of amides is 2. The van der Waals surface area contributed by atoms with Crippen LogP contribution >= 0.6 is 11.8 Å². The second-order valence-electron chi connectivity index (χ2n) is 5.59. The molecule has 2 heterocycles. The SMILES string of the molecule is O=C(CCN1C(=O)CSc2ccccc21)NC[C@@H]1CCOC1. The number of benzene rings is 1. The van der Waals surface area contributed by atoms with Gasteiger partial charge in [0, 0.05) is 36.9 Å². The molecule has 2 aliphatic heterocycles. The van der Waals surface area contributed by atoms with Crippen molar-refractivity contribution >= 4 is 29.3 Å². The topological polar surface area (TPSA) is 58.6 Å². The van der Waals surface area contributed by atoms with Gasteiger partial charge in [0.05, 0.1) is 18.0 Å². The van der Waals surface area contributed by atoms with Crippen molar-refractivity contribution in [1.29, 1.82) is 0 Å². The van der Waals surface area contributed by atoms with E-state index in [-0.39, 0.29) is 11.8 Å². The van der Waals surface area contributed by atoms with Gasteiger partial charge in [-0.3, -0.25) is 9.59 Å². The van der Waals surface area contributed by atoms with Crippen LogP contribution in [0.3, 0.4) is 0 Å². The first-order chi connectivity index (χ1) is 10.7. The lowest BCUT2D eigenvalue weighted by atomic mass is 10.1. The number of anilines is 1. The molecule has 0 aromatic heterocycles. The van der Waals surface area contributed by atoms with Crippen LogP contribution in [0.1, 0.15) is 12.8 Å². The van der Waals surface area contributed by atoms with Crippen molar-refractivity contribution in [2.75, 3.05) is 37.0 Å². The van der Waals surface area contributed by atoms with Gasteiger partial charge < -0.3 is 15.0 Å². The summed E-state index contributed by atoms with van der Waals surface area (Å²) in [4.78, 5) is 26.9. The molecule has 0 radical (unpaired) electrons. The van der Waals surface area contributed by atoms with Gasteiger partial charge in [-0.25, -0.2) is 0 Å². The third kappa shape index (κ3) is 3.62. The van der Waals surface area contributed by atoms with Crippen LogP contribution in [-0.4, -0.2) is 43.9 Å². The van der Waals surface area contributed by atoms with Gasteiger partial charge >= 0.3 is 0 Å². The van der Waals surface area contributed by atoms with Gasteiger partial charge in [-0.2, -0.15) is 0 Å². The van der Waals surface area contributed by atoms with Crippen LogP contribution in [0.5, 0.6) is 0 Å². The second kappa shape index (κ2) is 7.15. The summed E-state index contributed by atoms with van der Waals surface area (Å²) in [5, 5.41) is 2.94. The van der Waals surface area contributed by atoms with Crippen molar-refractivity contribution in [3.8, 4) is 0 Å². The predicted molar refractivity (Wildman–Crippen MR) is 86.1 cm³/mol. The van der Waals surface area contributed by atoms with E-state index in [2.05, 4.69) is 5.32 Å². The predicted octanol–water partition coefficient (Wildman–Crippen LogP) is 1.67. The van der Waals surface area contributed by atoms with E-state index in [0.29, 0.717) is 31.2 Å². The lowest BCUT2D eigenvalue weighted by Crippen LogP contribution is -2.39. The molecule has 0 aliphatic carbocycles. The number of ether oxygens (including phenoxy) is 1. The van der Waals surface area contributed by atoms with Crippen molar-refractivity contribution in [3.05, 3.63) is 24.3 Å². The number of hydrogen-bond donors (Lipinski definition) is 1. The maximum atomic E-state index is 12.1. The molecule has 1 fully saturated rings. The molecule has 3 rings (SSSR count). The molecule has 118 valence electrons. The average molecular weight is 320 g/mol. The molecule has 6 heteroatoms. The highest BCUT2D eigenvalue weighted by molar-refractivity contribution is 8.00. The number of thioether (sulfide) groups is 1. The van der Waals surface area contributed by atoms with E-state index in [1.54, 1.807) is 16.7 Å². The Morgan fingerprint density at radius 1 is 1.41 bits per heavy atom. The fourth-order valence-electron chi connectivity index (χ4n) is 2.70. The summed E-state index contributed by atoms with van der Waals surface area (Å²) in [6.45, 7) is 2.62. The van der Waals surface area contributed by atoms with Crippen molar-refractivity contribution in [3.63, 3.8) is 0 Å². The standard InChI is InChI=1S/C16H20N2O3S/c19-15(17-9-12-6-8-21-10-12)5-7-18-13-3-1-2-4-14(13)22-11-16(18)20/h1-4,12H,5-11H2,(H,17,19)/t12-/m0/s1. The summed E-state index contributed by atoms with van der Waals surface area (Å²) in [7, 11) is 0. The largest absolute Gasteiger partial charge is 0.381 e. The van der Waals surface area contributed by atoms with Crippen LogP contribution in [-0.2, 0) is 14.3 Å². The van der Waals surface area contributed by atoms with E-state index in [4.69, 9.17) is 4.74 Å². The smallest absolute Gasteiger partial charge is 0.237 e. The Balaban J connectivity index is 1.52. The van der Waals surface area contributed by atoms with Gasteiger partial charge in [-0.1, -0.05) is 12.1 Å². The van der Waals surface area contributed by atoms with Gasteiger partial charge in [-0.15, -0.1) is 11.8 Å².